The number of amides is 1. The first-order chi connectivity index (χ1) is 17.9. The topological polar surface area (TPSA) is 59.8 Å². The van der Waals surface area contributed by atoms with E-state index in [4.69, 9.17) is 20.8 Å². The number of para-hydroxylation sites is 1. The van der Waals surface area contributed by atoms with Crippen molar-refractivity contribution in [3.05, 3.63) is 135 Å². The van der Waals surface area contributed by atoms with Crippen LogP contribution in [-0.2, 0) is 0 Å². The predicted molar refractivity (Wildman–Crippen MR) is 140 cm³/mol. The fraction of sp³-hybridized carbons (Fsp3) is 0.0667. The van der Waals surface area contributed by atoms with Gasteiger partial charge < -0.3 is 9.15 Å². The normalized spacial score (nSPS) is 14.7. The average Bonchev–Trinajstić information content (AvgIpc) is 3.19. The van der Waals surface area contributed by atoms with E-state index in [0.29, 0.717) is 27.8 Å². The molecule has 2 heterocycles. The van der Waals surface area contributed by atoms with E-state index in [2.05, 4.69) is 0 Å². The number of carbonyl (C=O) groups is 1. The van der Waals surface area contributed by atoms with E-state index >= 15 is 0 Å². The van der Waals surface area contributed by atoms with Crippen LogP contribution in [0.4, 0.5) is 10.1 Å². The van der Waals surface area contributed by atoms with Gasteiger partial charge in [-0.05, 0) is 72.6 Å². The minimum absolute atomic E-state index is 0.0667. The molecule has 4 aromatic carbocycles. The van der Waals surface area contributed by atoms with Gasteiger partial charge in [-0.3, -0.25) is 14.5 Å². The fourth-order valence-corrected chi connectivity index (χ4v) is 4.81. The second kappa shape index (κ2) is 8.91. The first kappa shape index (κ1) is 23.0. The number of benzene rings is 4. The molecule has 1 aliphatic rings. The third-order valence-corrected chi connectivity index (χ3v) is 6.83. The number of halogens is 2. The van der Waals surface area contributed by atoms with Crippen LogP contribution in [0.3, 0.4) is 0 Å². The van der Waals surface area contributed by atoms with Crippen molar-refractivity contribution in [1.29, 1.82) is 0 Å². The Labute approximate surface area is 216 Å². The van der Waals surface area contributed by atoms with Crippen molar-refractivity contribution in [2.24, 2.45) is 0 Å². The molecule has 7 heteroatoms. The van der Waals surface area contributed by atoms with Crippen LogP contribution in [-0.4, -0.2) is 5.91 Å². The molecule has 1 unspecified atom stereocenters. The van der Waals surface area contributed by atoms with Crippen LogP contribution in [0.25, 0.3) is 11.0 Å². The van der Waals surface area contributed by atoms with Gasteiger partial charge in [-0.1, -0.05) is 48.0 Å². The van der Waals surface area contributed by atoms with Gasteiger partial charge >= 0.3 is 0 Å². The van der Waals surface area contributed by atoms with E-state index in [-0.39, 0.29) is 22.3 Å². The molecule has 1 aliphatic heterocycles. The van der Waals surface area contributed by atoms with Gasteiger partial charge in [-0.15, -0.1) is 0 Å². The molecule has 5 nitrogen and oxygen atoms in total. The Morgan fingerprint density at radius 2 is 1.68 bits per heavy atom. The monoisotopic (exact) mass is 511 g/mol. The Kier molecular flexibility index (Phi) is 5.54. The third kappa shape index (κ3) is 3.96. The standard InChI is InChI=1S/C30H19ClFNO4/c1-17-10-12-20(16-24(17)31)33-27(18-6-5-9-22(14-18)36-21-7-3-2-4-8-21)26-28(34)23-15-19(32)11-13-25(23)37-29(26)30(33)35/h2-16,27H,1H3. The quantitative estimate of drug-likeness (QED) is 0.251. The number of hydrogen-bond donors (Lipinski definition) is 0. The third-order valence-electron chi connectivity index (χ3n) is 6.42. The molecule has 1 amide bonds. The molecule has 0 bridgehead atoms. The highest BCUT2D eigenvalue weighted by Gasteiger charge is 2.44. The molecule has 0 saturated carbocycles. The maximum atomic E-state index is 14.1. The smallest absolute Gasteiger partial charge is 0.295 e. The van der Waals surface area contributed by atoms with Crippen LogP contribution >= 0.6 is 11.6 Å². The van der Waals surface area contributed by atoms with Crippen LogP contribution in [0.15, 0.2) is 100 Å². The molecule has 0 saturated heterocycles. The summed E-state index contributed by atoms with van der Waals surface area (Å²) >= 11 is 6.41. The SMILES string of the molecule is Cc1ccc(N2C(=O)c3oc4ccc(F)cc4c(=O)c3C2c2cccc(Oc3ccccc3)c2)cc1Cl. The molecule has 0 N–H and O–H groups in total. The summed E-state index contributed by atoms with van der Waals surface area (Å²) in [4.78, 5) is 29.0. The van der Waals surface area contributed by atoms with Crippen molar-refractivity contribution in [3.63, 3.8) is 0 Å². The number of ether oxygens (including phenoxy) is 1. The molecule has 5 aromatic rings. The molecule has 0 radical (unpaired) electrons. The molecule has 6 rings (SSSR count). The number of hydrogen-bond acceptors (Lipinski definition) is 4. The molecule has 1 atom stereocenters. The molecule has 37 heavy (non-hydrogen) atoms. The summed E-state index contributed by atoms with van der Waals surface area (Å²) < 4.78 is 26.0. The van der Waals surface area contributed by atoms with Gasteiger partial charge in [0.05, 0.1) is 17.0 Å². The number of anilines is 1. The molecule has 0 spiro atoms. The molecular formula is C30H19ClFNO4. The van der Waals surface area contributed by atoms with Gasteiger partial charge in [0.15, 0.2) is 5.43 Å². The van der Waals surface area contributed by atoms with E-state index in [9.17, 15) is 14.0 Å². The number of nitrogens with zero attached hydrogens (tertiary/aromatic N) is 1. The maximum absolute atomic E-state index is 14.1. The summed E-state index contributed by atoms with van der Waals surface area (Å²) in [6.07, 6.45) is 0. The fourth-order valence-electron chi connectivity index (χ4n) is 4.63. The zero-order chi connectivity index (χ0) is 25.7. The zero-order valence-corrected chi connectivity index (χ0v) is 20.3. The van der Waals surface area contributed by atoms with Crippen molar-refractivity contribution in [2.45, 2.75) is 13.0 Å². The number of fused-ring (bicyclic) bond motifs is 2. The lowest BCUT2D eigenvalue weighted by Gasteiger charge is -2.26. The highest BCUT2D eigenvalue weighted by Crippen LogP contribution is 2.43. The van der Waals surface area contributed by atoms with Crippen LogP contribution in [0.1, 0.15) is 33.3 Å². The molecule has 0 aliphatic carbocycles. The summed E-state index contributed by atoms with van der Waals surface area (Å²) in [5.41, 5.74) is 1.78. The molecule has 1 aromatic heterocycles. The minimum Gasteiger partial charge on any atom is -0.457 e. The van der Waals surface area contributed by atoms with Gasteiger partial charge in [0.2, 0.25) is 5.76 Å². The molecule has 0 fully saturated rings. The number of rotatable bonds is 4. The van der Waals surface area contributed by atoms with E-state index in [1.54, 1.807) is 36.4 Å². The minimum atomic E-state index is -0.843. The van der Waals surface area contributed by atoms with Crippen molar-refractivity contribution >= 4 is 34.2 Å². The lowest BCUT2D eigenvalue weighted by Crippen LogP contribution is -2.29. The summed E-state index contributed by atoms with van der Waals surface area (Å²) in [5, 5.41) is 0.546. The lowest BCUT2D eigenvalue weighted by atomic mass is 9.98. The van der Waals surface area contributed by atoms with Crippen LogP contribution in [0, 0.1) is 12.7 Å². The number of aryl methyl sites for hydroxylation is 1. The number of carbonyl (C=O) groups excluding carboxylic acids is 1. The summed E-state index contributed by atoms with van der Waals surface area (Å²) in [6.45, 7) is 1.86. The maximum Gasteiger partial charge on any atom is 0.295 e. The first-order valence-corrected chi connectivity index (χ1v) is 12.0. The van der Waals surface area contributed by atoms with Gasteiger partial charge in [0.1, 0.15) is 22.9 Å². The summed E-state index contributed by atoms with van der Waals surface area (Å²) in [6, 6.07) is 24.5. The Bertz CT molecular complexity index is 1750. The second-order valence-corrected chi connectivity index (χ2v) is 9.22. The molecular weight excluding hydrogens is 493 g/mol. The van der Waals surface area contributed by atoms with Crippen LogP contribution in [0.2, 0.25) is 5.02 Å². The summed E-state index contributed by atoms with van der Waals surface area (Å²) in [7, 11) is 0. The van der Waals surface area contributed by atoms with Crippen molar-refractivity contribution in [1.82, 2.24) is 0 Å². The van der Waals surface area contributed by atoms with Gasteiger partial charge in [-0.2, -0.15) is 0 Å². The second-order valence-electron chi connectivity index (χ2n) is 8.81. The van der Waals surface area contributed by atoms with E-state index in [0.717, 1.165) is 11.6 Å². The van der Waals surface area contributed by atoms with E-state index in [1.807, 2.05) is 43.3 Å². The Morgan fingerprint density at radius 3 is 2.46 bits per heavy atom. The Hall–Kier alpha value is -4.42. The first-order valence-electron chi connectivity index (χ1n) is 11.6. The van der Waals surface area contributed by atoms with Crippen molar-refractivity contribution < 1.29 is 18.3 Å². The zero-order valence-electron chi connectivity index (χ0n) is 19.6. The van der Waals surface area contributed by atoms with Gasteiger partial charge in [0.25, 0.3) is 5.91 Å². The largest absolute Gasteiger partial charge is 0.457 e. The highest BCUT2D eigenvalue weighted by atomic mass is 35.5. The van der Waals surface area contributed by atoms with Gasteiger partial charge in [0, 0.05) is 10.7 Å². The highest BCUT2D eigenvalue weighted by molar-refractivity contribution is 6.31. The van der Waals surface area contributed by atoms with E-state index in [1.165, 1.54) is 17.0 Å². The van der Waals surface area contributed by atoms with Crippen molar-refractivity contribution in [3.8, 4) is 11.5 Å². The van der Waals surface area contributed by atoms with Gasteiger partial charge in [-0.25, -0.2) is 4.39 Å². The van der Waals surface area contributed by atoms with E-state index < -0.39 is 23.2 Å². The average molecular weight is 512 g/mol. The van der Waals surface area contributed by atoms with Crippen LogP contribution < -0.4 is 15.1 Å². The van der Waals surface area contributed by atoms with Crippen LogP contribution in [0.5, 0.6) is 11.5 Å². The lowest BCUT2D eigenvalue weighted by molar-refractivity contribution is 0.0971. The Morgan fingerprint density at radius 1 is 0.892 bits per heavy atom. The molecule has 182 valence electrons. The Balaban J connectivity index is 1.57. The van der Waals surface area contributed by atoms with Crippen molar-refractivity contribution in [2.75, 3.05) is 4.90 Å². The summed E-state index contributed by atoms with van der Waals surface area (Å²) in [5.74, 6) is 0.0345. The predicted octanol–water partition coefficient (Wildman–Crippen LogP) is 7.44.